The van der Waals surface area contributed by atoms with Gasteiger partial charge in [0.25, 0.3) is 0 Å². The van der Waals surface area contributed by atoms with Crippen molar-refractivity contribution in [1.82, 2.24) is 9.88 Å². The van der Waals surface area contributed by atoms with Crippen molar-refractivity contribution in [3.63, 3.8) is 0 Å². The number of sulfonamides is 1. The molecule has 6 heteroatoms. The average Bonchev–Trinajstić information content (AvgIpc) is 2.70. The van der Waals surface area contributed by atoms with Crippen molar-refractivity contribution in [2.45, 2.75) is 6.42 Å². The predicted molar refractivity (Wildman–Crippen MR) is 60.6 cm³/mol. The van der Waals surface area contributed by atoms with Crippen LogP contribution in [-0.4, -0.2) is 26.4 Å². The molecule has 1 aromatic carbocycles. The lowest BCUT2D eigenvalue weighted by molar-refractivity contribution is 0.447. The van der Waals surface area contributed by atoms with Gasteiger partial charge in [0.1, 0.15) is 0 Å². The lowest BCUT2D eigenvalue weighted by atomic mass is 10.2. The topological polar surface area (TPSA) is 72.2 Å². The first kappa shape index (κ1) is 11.1. The monoisotopic (exact) mass is 240 g/mol. The Balaban J connectivity index is 2.22. The number of benzene rings is 1. The van der Waals surface area contributed by atoms with E-state index in [9.17, 15) is 8.42 Å². The van der Waals surface area contributed by atoms with Gasteiger partial charge < -0.3 is 4.52 Å². The highest BCUT2D eigenvalue weighted by Gasteiger charge is 2.12. The number of nitrogens with zero attached hydrogens (tertiary/aromatic N) is 1. The third-order valence-electron chi connectivity index (χ3n) is 2.37. The molecule has 0 saturated carbocycles. The van der Waals surface area contributed by atoms with Crippen molar-refractivity contribution in [3.8, 4) is 0 Å². The molecule has 1 aromatic heterocycles. The first-order chi connectivity index (χ1) is 7.62. The van der Waals surface area contributed by atoms with Gasteiger partial charge in [0.2, 0.25) is 10.0 Å². The van der Waals surface area contributed by atoms with Gasteiger partial charge in [0.15, 0.2) is 5.58 Å². The molecule has 1 N–H and O–H groups in total. The summed E-state index contributed by atoms with van der Waals surface area (Å²) in [5.41, 5.74) is 1.36. The zero-order valence-electron chi connectivity index (χ0n) is 8.80. The molecule has 0 saturated heterocycles. The molecular weight excluding hydrogens is 228 g/mol. The van der Waals surface area contributed by atoms with E-state index < -0.39 is 10.0 Å². The Morgan fingerprint density at radius 2 is 2.12 bits per heavy atom. The van der Waals surface area contributed by atoms with Gasteiger partial charge in [-0.05, 0) is 19.2 Å². The number of hydrogen-bond acceptors (Lipinski definition) is 4. The molecule has 2 rings (SSSR count). The van der Waals surface area contributed by atoms with Gasteiger partial charge in [-0.25, -0.2) is 13.1 Å². The Kier molecular flexibility index (Phi) is 2.93. The van der Waals surface area contributed by atoms with Crippen LogP contribution >= 0.6 is 0 Å². The molecule has 0 radical (unpaired) electrons. The molecule has 0 bridgehead atoms. The van der Waals surface area contributed by atoms with E-state index in [1.165, 1.54) is 7.05 Å². The standard InChI is InChI=1S/C10H12N2O3S/c1-11-16(13,14)7-6-9-8-4-2-3-5-10(8)15-12-9/h2-5,11H,6-7H2,1H3. The lowest BCUT2D eigenvalue weighted by Crippen LogP contribution is -2.23. The van der Waals surface area contributed by atoms with Gasteiger partial charge in [0.05, 0.1) is 11.4 Å². The molecule has 86 valence electrons. The van der Waals surface area contributed by atoms with Gasteiger partial charge in [0, 0.05) is 11.8 Å². The molecule has 5 nitrogen and oxygen atoms in total. The maximum atomic E-state index is 11.3. The minimum absolute atomic E-state index is 0.0139. The first-order valence-corrected chi connectivity index (χ1v) is 6.52. The van der Waals surface area contributed by atoms with Gasteiger partial charge in [-0.2, -0.15) is 0 Å². The number of aryl methyl sites for hydroxylation is 1. The normalized spacial score (nSPS) is 12.1. The SMILES string of the molecule is CNS(=O)(=O)CCc1noc2ccccc12. The molecule has 0 amide bonds. The molecule has 0 unspecified atom stereocenters. The molecule has 16 heavy (non-hydrogen) atoms. The van der Waals surface area contributed by atoms with Crippen molar-refractivity contribution in [1.29, 1.82) is 0 Å². The molecule has 0 aliphatic carbocycles. The number of aromatic nitrogens is 1. The summed E-state index contributed by atoms with van der Waals surface area (Å²) in [7, 11) is -1.80. The van der Waals surface area contributed by atoms with E-state index >= 15 is 0 Å². The third kappa shape index (κ3) is 2.23. The second-order valence-corrected chi connectivity index (χ2v) is 5.44. The van der Waals surface area contributed by atoms with Crippen LogP contribution in [0.15, 0.2) is 28.8 Å². The third-order valence-corrected chi connectivity index (χ3v) is 3.73. The van der Waals surface area contributed by atoms with E-state index in [1.807, 2.05) is 18.2 Å². The van der Waals surface area contributed by atoms with E-state index in [0.29, 0.717) is 17.7 Å². The summed E-state index contributed by atoms with van der Waals surface area (Å²) in [5, 5.41) is 4.73. The van der Waals surface area contributed by atoms with Crippen LogP contribution < -0.4 is 4.72 Å². The quantitative estimate of drug-likeness (QED) is 0.862. The molecule has 0 fully saturated rings. The van der Waals surface area contributed by atoms with Gasteiger partial charge in [-0.3, -0.25) is 0 Å². The maximum Gasteiger partial charge on any atom is 0.211 e. The maximum absolute atomic E-state index is 11.3. The summed E-state index contributed by atoms with van der Waals surface area (Å²) in [6.45, 7) is 0. The van der Waals surface area contributed by atoms with E-state index in [-0.39, 0.29) is 5.75 Å². The van der Waals surface area contributed by atoms with Crippen LogP contribution in [0.5, 0.6) is 0 Å². The predicted octanol–water partition coefficient (Wildman–Crippen LogP) is 0.919. The van der Waals surface area contributed by atoms with Gasteiger partial charge in [-0.15, -0.1) is 0 Å². The van der Waals surface area contributed by atoms with Gasteiger partial charge in [-0.1, -0.05) is 17.3 Å². The largest absolute Gasteiger partial charge is 0.356 e. The van der Waals surface area contributed by atoms with E-state index in [0.717, 1.165) is 5.39 Å². The summed E-state index contributed by atoms with van der Waals surface area (Å²) in [6.07, 6.45) is 0.347. The van der Waals surface area contributed by atoms with Gasteiger partial charge >= 0.3 is 0 Å². The minimum atomic E-state index is -3.20. The summed E-state index contributed by atoms with van der Waals surface area (Å²) < 4.78 is 29.9. The smallest absolute Gasteiger partial charge is 0.211 e. The van der Waals surface area contributed by atoms with Crippen LogP contribution in [-0.2, 0) is 16.4 Å². The van der Waals surface area contributed by atoms with E-state index in [1.54, 1.807) is 6.07 Å². The summed E-state index contributed by atoms with van der Waals surface area (Å²) >= 11 is 0. The number of hydrogen-bond donors (Lipinski definition) is 1. The number of para-hydroxylation sites is 1. The zero-order valence-corrected chi connectivity index (χ0v) is 9.62. The Hall–Kier alpha value is -1.40. The second kappa shape index (κ2) is 4.23. The Morgan fingerprint density at radius 1 is 1.38 bits per heavy atom. The number of nitrogens with one attached hydrogen (secondary N) is 1. The zero-order chi connectivity index (χ0) is 11.6. The minimum Gasteiger partial charge on any atom is -0.356 e. The van der Waals surface area contributed by atoms with E-state index in [2.05, 4.69) is 9.88 Å². The Bertz CT molecular complexity index is 589. The van der Waals surface area contributed by atoms with Crippen molar-refractivity contribution >= 4 is 21.0 Å². The highest BCUT2D eigenvalue weighted by Crippen LogP contribution is 2.18. The van der Waals surface area contributed by atoms with Crippen molar-refractivity contribution in [2.24, 2.45) is 0 Å². The Morgan fingerprint density at radius 3 is 2.88 bits per heavy atom. The second-order valence-electron chi connectivity index (χ2n) is 3.40. The number of fused-ring (bicyclic) bond motifs is 1. The highest BCUT2D eigenvalue weighted by atomic mass is 32.2. The first-order valence-electron chi connectivity index (χ1n) is 4.87. The molecule has 0 spiro atoms. The number of rotatable bonds is 4. The van der Waals surface area contributed by atoms with Crippen molar-refractivity contribution in [2.75, 3.05) is 12.8 Å². The van der Waals surface area contributed by atoms with Crippen LogP contribution in [0.3, 0.4) is 0 Å². The fourth-order valence-electron chi connectivity index (χ4n) is 1.45. The van der Waals surface area contributed by atoms with Crippen LogP contribution in [0.4, 0.5) is 0 Å². The fraction of sp³-hybridized carbons (Fsp3) is 0.300. The van der Waals surface area contributed by atoms with E-state index in [4.69, 9.17) is 4.52 Å². The lowest BCUT2D eigenvalue weighted by Gasteiger charge is -1.99. The summed E-state index contributed by atoms with van der Waals surface area (Å²) in [4.78, 5) is 0. The molecular formula is C10H12N2O3S. The summed E-state index contributed by atoms with van der Waals surface area (Å²) in [6, 6.07) is 7.39. The fourth-order valence-corrected chi connectivity index (χ4v) is 2.12. The molecule has 2 aromatic rings. The molecule has 0 aliphatic rings. The highest BCUT2D eigenvalue weighted by molar-refractivity contribution is 7.89. The van der Waals surface area contributed by atoms with Crippen LogP contribution in [0.25, 0.3) is 11.0 Å². The van der Waals surface area contributed by atoms with Crippen LogP contribution in [0, 0.1) is 0 Å². The Labute approximate surface area is 93.5 Å². The average molecular weight is 240 g/mol. The molecule has 0 atom stereocenters. The summed E-state index contributed by atoms with van der Waals surface area (Å²) in [5.74, 6) is 0.0139. The van der Waals surface area contributed by atoms with Crippen molar-refractivity contribution in [3.05, 3.63) is 30.0 Å². The van der Waals surface area contributed by atoms with Crippen LogP contribution in [0.1, 0.15) is 5.69 Å². The van der Waals surface area contributed by atoms with Crippen LogP contribution in [0.2, 0.25) is 0 Å². The molecule has 1 heterocycles. The molecule has 0 aliphatic heterocycles. The van der Waals surface area contributed by atoms with Crippen molar-refractivity contribution < 1.29 is 12.9 Å².